The molecule has 0 aromatic carbocycles. The Hall–Kier alpha value is -1.30. The molecule has 2 fully saturated rings. The third kappa shape index (κ3) is 3.48. The molecule has 1 aliphatic carbocycles. The number of aliphatic hydroxyl groups is 1. The van der Waals surface area contributed by atoms with Crippen LogP contribution in [0.1, 0.15) is 51.9 Å². The second-order valence-electron chi connectivity index (χ2n) is 6.41. The lowest BCUT2D eigenvalue weighted by Crippen LogP contribution is -2.50. The lowest BCUT2D eigenvalue weighted by atomic mass is 9.83. The largest absolute Gasteiger partial charge is 0.481 e. The molecule has 3 unspecified atom stereocenters. The first-order chi connectivity index (χ1) is 9.98. The Kier molecular flexibility index (Phi) is 5.08. The van der Waals surface area contributed by atoms with E-state index >= 15 is 0 Å². The van der Waals surface area contributed by atoms with Gasteiger partial charge in [-0.2, -0.15) is 0 Å². The van der Waals surface area contributed by atoms with Crippen molar-refractivity contribution in [3.05, 3.63) is 0 Å². The number of aliphatic hydroxyl groups excluding tert-OH is 1. The van der Waals surface area contributed by atoms with Gasteiger partial charge in [0.05, 0.1) is 17.6 Å². The molecule has 0 aromatic rings. The Morgan fingerprint density at radius 2 is 2.05 bits per heavy atom. The Balaban J connectivity index is 1.93. The quantitative estimate of drug-likeness (QED) is 0.735. The van der Waals surface area contributed by atoms with E-state index in [2.05, 4.69) is 5.32 Å². The van der Waals surface area contributed by atoms with E-state index in [1.54, 1.807) is 4.90 Å². The van der Waals surface area contributed by atoms with Crippen molar-refractivity contribution < 1.29 is 19.8 Å². The number of carbonyl (C=O) groups is 2. The number of carboxylic acid groups (broad SMARTS) is 1. The van der Waals surface area contributed by atoms with Crippen molar-refractivity contribution in [2.45, 2.75) is 64.0 Å². The van der Waals surface area contributed by atoms with Gasteiger partial charge in [-0.1, -0.05) is 26.2 Å². The van der Waals surface area contributed by atoms with Crippen LogP contribution in [0, 0.1) is 5.41 Å². The van der Waals surface area contributed by atoms with Gasteiger partial charge in [0, 0.05) is 13.1 Å². The topological polar surface area (TPSA) is 89.9 Å². The molecule has 2 rings (SSSR count). The number of nitrogens with one attached hydrogen (secondary N) is 1. The second kappa shape index (κ2) is 6.64. The molecule has 0 spiro atoms. The van der Waals surface area contributed by atoms with Crippen molar-refractivity contribution in [2.24, 2.45) is 5.41 Å². The summed E-state index contributed by atoms with van der Waals surface area (Å²) in [6, 6.07) is -0.433. The molecular weight excluding hydrogens is 272 g/mol. The average molecular weight is 298 g/mol. The number of likely N-dealkylation sites (tertiary alicyclic amines) is 1. The van der Waals surface area contributed by atoms with Gasteiger partial charge in [0.25, 0.3) is 0 Å². The molecule has 0 radical (unpaired) electrons. The SMILES string of the molecule is CCCC1(C(=O)O)CCN(C(=O)NC2CCCCC2O)C1. The molecule has 3 atom stereocenters. The molecule has 3 N–H and O–H groups in total. The third-order valence-electron chi connectivity index (χ3n) is 4.86. The summed E-state index contributed by atoms with van der Waals surface area (Å²) in [6.07, 6.45) is 4.94. The number of amides is 2. The summed E-state index contributed by atoms with van der Waals surface area (Å²) in [4.78, 5) is 25.4. The summed E-state index contributed by atoms with van der Waals surface area (Å²) in [5.74, 6) is -0.808. The predicted molar refractivity (Wildman–Crippen MR) is 78.0 cm³/mol. The maximum Gasteiger partial charge on any atom is 0.317 e. The molecule has 6 nitrogen and oxygen atoms in total. The zero-order valence-electron chi connectivity index (χ0n) is 12.7. The molecule has 120 valence electrons. The molecule has 0 bridgehead atoms. The van der Waals surface area contributed by atoms with E-state index in [9.17, 15) is 19.8 Å². The van der Waals surface area contributed by atoms with Gasteiger partial charge in [0.1, 0.15) is 0 Å². The fourth-order valence-electron chi connectivity index (χ4n) is 3.54. The van der Waals surface area contributed by atoms with Crippen LogP contribution in [0.2, 0.25) is 0 Å². The van der Waals surface area contributed by atoms with Crippen LogP contribution in [-0.2, 0) is 4.79 Å². The molecule has 1 aliphatic heterocycles. The van der Waals surface area contributed by atoms with E-state index < -0.39 is 17.5 Å². The maximum atomic E-state index is 12.3. The van der Waals surface area contributed by atoms with Gasteiger partial charge < -0.3 is 20.4 Å². The number of hydrogen-bond donors (Lipinski definition) is 3. The molecule has 21 heavy (non-hydrogen) atoms. The zero-order chi connectivity index (χ0) is 15.5. The van der Waals surface area contributed by atoms with Crippen molar-refractivity contribution in [3.8, 4) is 0 Å². The van der Waals surface area contributed by atoms with E-state index in [0.717, 1.165) is 32.1 Å². The van der Waals surface area contributed by atoms with Crippen molar-refractivity contribution in [3.63, 3.8) is 0 Å². The van der Waals surface area contributed by atoms with Gasteiger partial charge in [0.2, 0.25) is 0 Å². The second-order valence-corrected chi connectivity index (χ2v) is 6.41. The number of carboxylic acids is 1. The summed E-state index contributed by atoms with van der Waals surface area (Å²) >= 11 is 0. The maximum absolute atomic E-state index is 12.3. The lowest BCUT2D eigenvalue weighted by Gasteiger charge is -2.30. The average Bonchev–Trinajstić information content (AvgIpc) is 2.87. The lowest BCUT2D eigenvalue weighted by molar-refractivity contribution is -0.148. The number of urea groups is 1. The fourth-order valence-corrected chi connectivity index (χ4v) is 3.54. The van der Waals surface area contributed by atoms with Gasteiger partial charge in [-0.3, -0.25) is 4.79 Å². The first kappa shape index (κ1) is 16.1. The first-order valence-corrected chi connectivity index (χ1v) is 7.95. The highest BCUT2D eigenvalue weighted by Gasteiger charge is 2.45. The van der Waals surface area contributed by atoms with Crippen molar-refractivity contribution in [2.75, 3.05) is 13.1 Å². The number of nitrogens with zero attached hydrogens (tertiary/aromatic N) is 1. The highest BCUT2D eigenvalue weighted by Crippen LogP contribution is 2.35. The Labute approximate surface area is 125 Å². The molecule has 2 amide bonds. The number of rotatable bonds is 4. The molecule has 6 heteroatoms. The minimum Gasteiger partial charge on any atom is -0.481 e. The van der Waals surface area contributed by atoms with Crippen LogP contribution in [0.25, 0.3) is 0 Å². The van der Waals surface area contributed by atoms with Gasteiger partial charge in [0.15, 0.2) is 0 Å². The van der Waals surface area contributed by atoms with Crippen LogP contribution >= 0.6 is 0 Å². The Morgan fingerprint density at radius 1 is 1.33 bits per heavy atom. The van der Waals surface area contributed by atoms with E-state index in [4.69, 9.17) is 0 Å². The Morgan fingerprint density at radius 3 is 2.67 bits per heavy atom. The Bertz CT molecular complexity index is 401. The number of aliphatic carboxylic acids is 1. The monoisotopic (exact) mass is 298 g/mol. The summed E-state index contributed by atoms with van der Waals surface area (Å²) in [7, 11) is 0. The standard InChI is InChI=1S/C15H26N2O4/c1-2-7-15(13(19)20)8-9-17(10-15)14(21)16-11-5-3-4-6-12(11)18/h11-12,18H,2-10H2,1H3,(H,16,21)(H,19,20). The van der Waals surface area contributed by atoms with E-state index in [0.29, 0.717) is 19.4 Å². The minimum atomic E-state index is -0.808. The van der Waals surface area contributed by atoms with Crippen molar-refractivity contribution in [1.29, 1.82) is 0 Å². The molecule has 0 aromatic heterocycles. The molecular formula is C15H26N2O4. The molecule has 1 saturated heterocycles. The van der Waals surface area contributed by atoms with Crippen molar-refractivity contribution in [1.82, 2.24) is 10.2 Å². The highest BCUT2D eigenvalue weighted by molar-refractivity contribution is 5.80. The molecule has 1 saturated carbocycles. The first-order valence-electron chi connectivity index (χ1n) is 7.95. The van der Waals surface area contributed by atoms with Crippen molar-refractivity contribution >= 4 is 12.0 Å². The van der Waals surface area contributed by atoms with Crippen LogP contribution in [0.4, 0.5) is 4.79 Å². The third-order valence-corrected chi connectivity index (χ3v) is 4.86. The normalized spacial score (nSPS) is 33.0. The predicted octanol–water partition coefficient (Wildman–Crippen LogP) is 1.58. The smallest absolute Gasteiger partial charge is 0.317 e. The van der Waals surface area contributed by atoms with Crippen LogP contribution in [0.5, 0.6) is 0 Å². The summed E-state index contributed by atoms with van der Waals surface area (Å²) in [5.41, 5.74) is -0.794. The van der Waals surface area contributed by atoms with Gasteiger partial charge in [-0.25, -0.2) is 4.79 Å². The van der Waals surface area contributed by atoms with Gasteiger partial charge in [-0.05, 0) is 25.7 Å². The van der Waals surface area contributed by atoms with Gasteiger partial charge in [-0.15, -0.1) is 0 Å². The minimum absolute atomic E-state index is 0.197. The summed E-state index contributed by atoms with van der Waals surface area (Å²) < 4.78 is 0. The number of hydrogen-bond acceptors (Lipinski definition) is 3. The van der Waals surface area contributed by atoms with E-state index in [1.807, 2.05) is 6.92 Å². The van der Waals surface area contributed by atoms with Gasteiger partial charge >= 0.3 is 12.0 Å². The van der Waals surface area contributed by atoms with Crippen LogP contribution in [-0.4, -0.2) is 52.3 Å². The summed E-state index contributed by atoms with van der Waals surface area (Å²) in [6.45, 7) is 2.71. The molecule has 1 heterocycles. The summed E-state index contributed by atoms with van der Waals surface area (Å²) in [5, 5.41) is 22.2. The van der Waals surface area contributed by atoms with Crippen LogP contribution in [0.3, 0.4) is 0 Å². The van der Waals surface area contributed by atoms with Crippen LogP contribution < -0.4 is 5.32 Å². The van der Waals surface area contributed by atoms with Crippen LogP contribution in [0.15, 0.2) is 0 Å². The van der Waals surface area contributed by atoms with E-state index in [-0.39, 0.29) is 18.6 Å². The highest BCUT2D eigenvalue weighted by atomic mass is 16.4. The molecule has 2 aliphatic rings. The zero-order valence-corrected chi connectivity index (χ0v) is 12.7. The number of carbonyl (C=O) groups excluding carboxylic acids is 1. The van der Waals surface area contributed by atoms with E-state index in [1.165, 1.54) is 0 Å². The fraction of sp³-hybridized carbons (Fsp3) is 0.867.